The summed E-state index contributed by atoms with van der Waals surface area (Å²) in [6, 6.07) is 7.89. The normalized spacial score (nSPS) is 12.0. The van der Waals surface area contributed by atoms with Crippen molar-refractivity contribution in [1.82, 2.24) is 14.5 Å². The highest BCUT2D eigenvalue weighted by Crippen LogP contribution is 2.16. The fraction of sp³-hybridized carbons (Fsp3) is 0.267. The molecule has 122 valence electrons. The fourth-order valence-corrected chi connectivity index (χ4v) is 2.19. The van der Waals surface area contributed by atoms with Gasteiger partial charge in [0.2, 0.25) is 5.91 Å². The van der Waals surface area contributed by atoms with E-state index in [2.05, 4.69) is 5.32 Å². The molecule has 0 spiro atoms. The average Bonchev–Trinajstić information content (AvgIpc) is 2.53. The minimum absolute atomic E-state index is 0.0142. The summed E-state index contributed by atoms with van der Waals surface area (Å²) in [6.45, 7) is -0.255. The van der Waals surface area contributed by atoms with Gasteiger partial charge in [-0.2, -0.15) is 0 Å². The van der Waals surface area contributed by atoms with Crippen LogP contribution in [0.5, 0.6) is 0 Å². The Morgan fingerprint density at radius 3 is 2.78 bits per heavy atom. The molecular formula is C15H16ClN3O4. The zero-order valence-corrected chi connectivity index (χ0v) is 13.2. The number of benzene rings is 1. The Bertz CT molecular complexity index is 828. The highest BCUT2D eigenvalue weighted by Gasteiger charge is 2.11. The molecule has 0 radical (unpaired) electrons. The van der Waals surface area contributed by atoms with Crippen molar-refractivity contribution in [3.05, 3.63) is 68.0 Å². The largest absolute Gasteiger partial charge is 0.387 e. The summed E-state index contributed by atoms with van der Waals surface area (Å²) in [6.07, 6.45) is 0.354. The Kier molecular flexibility index (Phi) is 5.36. The van der Waals surface area contributed by atoms with Gasteiger partial charge in [0.1, 0.15) is 6.54 Å². The molecule has 1 atom stereocenters. The topological polar surface area (TPSA) is 93.3 Å². The molecule has 2 aromatic rings. The molecule has 1 amide bonds. The highest BCUT2D eigenvalue weighted by atomic mass is 35.5. The van der Waals surface area contributed by atoms with Crippen LogP contribution in [0, 0.1) is 0 Å². The summed E-state index contributed by atoms with van der Waals surface area (Å²) in [4.78, 5) is 35.0. The molecule has 1 unspecified atom stereocenters. The molecule has 7 nitrogen and oxygen atoms in total. The molecule has 0 aliphatic rings. The molecule has 0 aliphatic carbocycles. The Hall–Kier alpha value is -2.38. The van der Waals surface area contributed by atoms with Crippen molar-refractivity contribution < 1.29 is 9.90 Å². The monoisotopic (exact) mass is 337 g/mol. The maximum atomic E-state index is 11.9. The predicted molar refractivity (Wildman–Crippen MR) is 85.4 cm³/mol. The lowest BCUT2D eigenvalue weighted by molar-refractivity contribution is -0.122. The first-order valence-corrected chi connectivity index (χ1v) is 7.23. The molecule has 0 bridgehead atoms. The molecular weight excluding hydrogens is 322 g/mol. The van der Waals surface area contributed by atoms with Crippen molar-refractivity contribution in [2.45, 2.75) is 12.6 Å². The standard InChI is InChI=1S/C15H16ClN3O4/c1-18-14(22)5-6-19(15(18)23)9-13(21)17-8-12(20)10-3-2-4-11(16)7-10/h2-7,12,20H,8-9H2,1H3,(H,17,21). The summed E-state index contributed by atoms with van der Waals surface area (Å²) in [5.74, 6) is -0.452. The summed E-state index contributed by atoms with van der Waals surface area (Å²) in [7, 11) is 1.34. The number of carbonyl (C=O) groups is 1. The van der Waals surface area contributed by atoms with E-state index in [1.165, 1.54) is 19.3 Å². The van der Waals surface area contributed by atoms with Crippen LogP contribution in [-0.2, 0) is 18.4 Å². The first-order valence-electron chi connectivity index (χ1n) is 6.85. The van der Waals surface area contributed by atoms with Crippen molar-refractivity contribution in [3.8, 4) is 0 Å². The molecule has 0 saturated carbocycles. The van der Waals surface area contributed by atoms with Crippen LogP contribution in [-0.4, -0.2) is 26.7 Å². The third-order valence-corrected chi connectivity index (χ3v) is 3.54. The van der Waals surface area contributed by atoms with Gasteiger partial charge in [0.05, 0.1) is 6.10 Å². The molecule has 1 heterocycles. The van der Waals surface area contributed by atoms with E-state index in [1.54, 1.807) is 24.3 Å². The number of nitrogens with one attached hydrogen (secondary N) is 1. The van der Waals surface area contributed by atoms with Crippen LogP contribution in [0.1, 0.15) is 11.7 Å². The molecule has 0 fully saturated rings. The van der Waals surface area contributed by atoms with E-state index >= 15 is 0 Å². The number of aliphatic hydroxyl groups excluding tert-OH is 1. The summed E-state index contributed by atoms with van der Waals surface area (Å²) < 4.78 is 2.02. The van der Waals surface area contributed by atoms with Crippen LogP contribution >= 0.6 is 11.6 Å². The van der Waals surface area contributed by atoms with Gasteiger partial charge in [-0.15, -0.1) is 0 Å². The molecule has 8 heteroatoms. The fourth-order valence-electron chi connectivity index (χ4n) is 1.99. The van der Waals surface area contributed by atoms with E-state index in [9.17, 15) is 19.5 Å². The third-order valence-electron chi connectivity index (χ3n) is 3.30. The number of hydrogen-bond donors (Lipinski definition) is 2. The number of aromatic nitrogens is 2. The van der Waals surface area contributed by atoms with Gasteiger partial charge in [-0.05, 0) is 17.7 Å². The molecule has 0 aliphatic heterocycles. The van der Waals surface area contributed by atoms with Gasteiger partial charge >= 0.3 is 5.69 Å². The Morgan fingerprint density at radius 1 is 1.35 bits per heavy atom. The smallest absolute Gasteiger partial charge is 0.331 e. The van der Waals surface area contributed by atoms with Gasteiger partial charge in [-0.1, -0.05) is 23.7 Å². The number of carbonyl (C=O) groups excluding carboxylic acids is 1. The van der Waals surface area contributed by atoms with Crippen LogP contribution in [0.3, 0.4) is 0 Å². The predicted octanol–water partition coefficient (Wildman–Crippen LogP) is 0.0502. The third kappa shape index (κ3) is 4.30. The van der Waals surface area contributed by atoms with Crippen molar-refractivity contribution >= 4 is 17.5 Å². The Morgan fingerprint density at radius 2 is 2.09 bits per heavy atom. The maximum Gasteiger partial charge on any atom is 0.331 e. The lowest BCUT2D eigenvalue weighted by Crippen LogP contribution is -2.40. The van der Waals surface area contributed by atoms with Crippen LogP contribution in [0.15, 0.2) is 46.1 Å². The molecule has 2 rings (SSSR count). The van der Waals surface area contributed by atoms with Crippen molar-refractivity contribution in [1.29, 1.82) is 0 Å². The van der Waals surface area contributed by atoms with Gasteiger partial charge in [0, 0.05) is 30.9 Å². The second-order valence-corrected chi connectivity index (χ2v) is 5.43. The number of nitrogens with zero attached hydrogens (tertiary/aromatic N) is 2. The summed E-state index contributed by atoms with van der Waals surface area (Å²) >= 11 is 5.84. The summed E-state index contributed by atoms with van der Waals surface area (Å²) in [5.41, 5.74) is -0.442. The van der Waals surface area contributed by atoms with E-state index in [0.29, 0.717) is 10.6 Å². The van der Waals surface area contributed by atoms with Crippen molar-refractivity contribution in [2.75, 3.05) is 6.54 Å². The minimum atomic E-state index is -0.908. The van der Waals surface area contributed by atoms with Gasteiger partial charge in [-0.3, -0.25) is 18.7 Å². The first kappa shape index (κ1) is 17.0. The van der Waals surface area contributed by atoms with Gasteiger partial charge in [0.15, 0.2) is 0 Å². The Balaban J connectivity index is 1.97. The van der Waals surface area contributed by atoms with Gasteiger partial charge in [0.25, 0.3) is 5.56 Å². The summed E-state index contributed by atoms with van der Waals surface area (Å²) in [5, 5.41) is 13.0. The number of aliphatic hydroxyl groups is 1. The van der Waals surface area contributed by atoms with Crippen LogP contribution in [0.4, 0.5) is 0 Å². The number of amides is 1. The molecule has 2 N–H and O–H groups in total. The van der Waals surface area contributed by atoms with E-state index in [4.69, 9.17) is 11.6 Å². The van der Waals surface area contributed by atoms with Crippen LogP contribution < -0.4 is 16.6 Å². The lowest BCUT2D eigenvalue weighted by atomic mass is 10.1. The second kappa shape index (κ2) is 7.26. The molecule has 0 saturated heterocycles. The first-order chi connectivity index (χ1) is 10.9. The number of halogens is 1. The minimum Gasteiger partial charge on any atom is -0.387 e. The molecule has 1 aromatic carbocycles. The molecule has 1 aromatic heterocycles. The van der Waals surface area contributed by atoms with E-state index < -0.39 is 23.3 Å². The van der Waals surface area contributed by atoms with Gasteiger partial charge < -0.3 is 10.4 Å². The Labute approximate surface area is 136 Å². The molecule has 23 heavy (non-hydrogen) atoms. The average molecular weight is 338 g/mol. The highest BCUT2D eigenvalue weighted by molar-refractivity contribution is 6.30. The van der Waals surface area contributed by atoms with Crippen molar-refractivity contribution in [3.63, 3.8) is 0 Å². The second-order valence-electron chi connectivity index (χ2n) is 5.00. The quantitative estimate of drug-likeness (QED) is 0.806. The van der Waals surface area contributed by atoms with E-state index in [0.717, 1.165) is 9.13 Å². The lowest BCUT2D eigenvalue weighted by Gasteiger charge is -2.13. The van der Waals surface area contributed by atoms with Crippen LogP contribution in [0.25, 0.3) is 0 Å². The maximum absolute atomic E-state index is 11.9. The SMILES string of the molecule is Cn1c(=O)ccn(CC(=O)NCC(O)c2cccc(Cl)c2)c1=O. The zero-order chi connectivity index (χ0) is 17.0. The number of rotatable bonds is 5. The van der Waals surface area contributed by atoms with Gasteiger partial charge in [-0.25, -0.2) is 4.79 Å². The van der Waals surface area contributed by atoms with E-state index in [1.807, 2.05) is 0 Å². The van der Waals surface area contributed by atoms with Crippen LogP contribution in [0.2, 0.25) is 5.02 Å². The zero-order valence-electron chi connectivity index (χ0n) is 12.4. The van der Waals surface area contributed by atoms with E-state index in [-0.39, 0.29) is 13.1 Å². The number of hydrogen-bond acceptors (Lipinski definition) is 4. The van der Waals surface area contributed by atoms with Crippen molar-refractivity contribution in [2.24, 2.45) is 7.05 Å².